The van der Waals surface area contributed by atoms with E-state index < -0.39 is 29.2 Å². The molecule has 1 aromatic carbocycles. The van der Waals surface area contributed by atoms with E-state index in [1.54, 1.807) is 20.8 Å². The summed E-state index contributed by atoms with van der Waals surface area (Å²) in [7, 11) is 0. The number of carbonyl (C=O) groups excluding carboxylic acids is 2. The van der Waals surface area contributed by atoms with Crippen molar-refractivity contribution in [3.8, 4) is 0 Å². The van der Waals surface area contributed by atoms with Gasteiger partial charge in [-0.15, -0.1) is 0 Å². The predicted molar refractivity (Wildman–Crippen MR) is 121 cm³/mol. The Labute approximate surface area is 191 Å². The highest BCUT2D eigenvalue weighted by molar-refractivity contribution is 5.98. The first-order chi connectivity index (χ1) is 15.5. The van der Waals surface area contributed by atoms with Gasteiger partial charge in [0.15, 0.2) is 11.6 Å². The topological polar surface area (TPSA) is 118 Å². The molecule has 2 aromatic rings. The number of ether oxygens (including phenoxy) is 1. The highest BCUT2D eigenvalue weighted by Gasteiger charge is 2.30. The van der Waals surface area contributed by atoms with Crippen LogP contribution in [0.25, 0.3) is 0 Å². The highest BCUT2D eigenvalue weighted by Crippen LogP contribution is 2.27. The van der Waals surface area contributed by atoms with Crippen molar-refractivity contribution in [1.82, 2.24) is 10.3 Å². The molecular weight excluding hydrogens is 432 g/mol. The summed E-state index contributed by atoms with van der Waals surface area (Å²) in [6, 6.07) is 5.81. The van der Waals surface area contributed by atoms with Gasteiger partial charge in [-0.2, -0.15) is 0 Å². The van der Waals surface area contributed by atoms with Crippen molar-refractivity contribution in [3.05, 3.63) is 47.5 Å². The molecule has 1 fully saturated rings. The third-order valence-corrected chi connectivity index (χ3v) is 5.14. The zero-order chi connectivity index (χ0) is 24.2. The van der Waals surface area contributed by atoms with E-state index in [0.717, 1.165) is 18.9 Å². The number of hydrogen-bond acceptors (Lipinski definition) is 6. The number of nitrogens with one attached hydrogen (secondary N) is 3. The largest absolute Gasteiger partial charge is 0.444 e. The molecule has 1 saturated carbocycles. The Balaban J connectivity index is 1.82. The number of aromatic nitrogens is 1. The van der Waals surface area contributed by atoms with E-state index in [0.29, 0.717) is 18.5 Å². The molecule has 2 amide bonds. The Bertz CT molecular complexity index is 1010. The fourth-order valence-corrected chi connectivity index (χ4v) is 3.65. The Hall–Kier alpha value is -3.43. The van der Waals surface area contributed by atoms with E-state index in [2.05, 4.69) is 20.9 Å². The Morgan fingerprint density at radius 3 is 2.30 bits per heavy atom. The van der Waals surface area contributed by atoms with Crippen LogP contribution in [-0.4, -0.2) is 34.7 Å². The molecule has 10 heteroatoms. The second kappa shape index (κ2) is 10.0. The SMILES string of the molecule is CC(C)(C)OC(=O)N[C@H]1CCCC[C@H]1Nc1nc(Nc2ccc(F)cc2)c(C(N)=O)cc1F. The molecule has 2 atom stereocenters. The number of nitrogens with two attached hydrogens (primary N) is 1. The van der Waals surface area contributed by atoms with Gasteiger partial charge in [0.2, 0.25) is 0 Å². The van der Waals surface area contributed by atoms with Gasteiger partial charge >= 0.3 is 6.09 Å². The lowest BCUT2D eigenvalue weighted by Gasteiger charge is -2.34. The number of rotatable bonds is 6. The third-order valence-electron chi connectivity index (χ3n) is 5.14. The summed E-state index contributed by atoms with van der Waals surface area (Å²) < 4.78 is 33.4. The van der Waals surface area contributed by atoms with E-state index >= 15 is 0 Å². The number of hydrogen-bond donors (Lipinski definition) is 4. The average Bonchev–Trinajstić information content (AvgIpc) is 2.71. The summed E-state index contributed by atoms with van der Waals surface area (Å²) in [4.78, 5) is 28.3. The van der Waals surface area contributed by atoms with Crippen molar-refractivity contribution in [2.24, 2.45) is 5.73 Å². The maximum absolute atomic E-state index is 14.8. The summed E-state index contributed by atoms with van der Waals surface area (Å²) >= 11 is 0. The summed E-state index contributed by atoms with van der Waals surface area (Å²) in [5.74, 6) is -2.10. The van der Waals surface area contributed by atoms with Gasteiger partial charge in [-0.3, -0.25) is 4.79 Å². The van der Waals surface area contributed by atoms with Gasteiger partial charge in [0.1, 0.15) is 17.2 Å². The molecule has 1 aliphatic rings. The number of nitrogens with zero attached hydrogens (tertiary/aromatic N) is 1. The van der Waals surface area contributed by atoms with Crippen molar-refractivity contribution < 1.29 is 23.1 Å². The normalized spacial score (nSPS) is 18.3. The van der Waals surface area contributed by atoms with Crippen LogP contribution < -0.4 is 21.7 Å². The molecule has 1 heterocycles. The van der Waals surface area contributed by atoms with Gasteiger partial charge in [0.05, 0.1) is 11.6 Å². The van der Waals surface area contributed by atoms with Gasteiger partial charge in [0.25, 0.3) is 5.91 Å². The molecule has 0 saturated heterocycles. The van der Waals surface area contributed by atoms with Crippen LogP contribution in [0.15, 0.2) is 30.3 Å². The predicted octanol–water partition coefficient (Wildman–Crippen LogP) is 4.45. The van der Waals surface area contributed by atoms with Crippen molar-refractivity contribution >= 4 is 29.3 Å². The summed E-state index contributed by atoms with van der Waals surface area (Å²) in [5.41, 5.74) is 5.06. The van der Waals surface area contributed by atoms with E-state index in [1.807, 2.05) is 0 Å². The minimum absolute atomic E-state index is 0.0328. The molecule has 1 aliphatic carbocycles. The van der Waals surface area contributed by atoms with Gasteiger partial charge in [0, 0.05) is 11.7 Å². The van der Waals surface area contributed by atoms with Gasteiger partial charge in [-0.05, 0) is 63.9 Å². The van der Waals surface area contributed by atoms with Crippen molar-refractivity contribution in [2.75, 3.05) is 10.6 Å². The van der Waals surface area contributed by atoms with E-state index in [4.69, 9.17) is 10.5 Å². The first-order valence-corrected chi connectivity index (χ1v) is 10.8. The maximum Gasteiger partial charge on any atom is 0.407 e. The quantitative estimate of drug-likeness (QED) is 0.505. The van der Waals surface area contributed by atoms with E-state index in [9.17, 15) is 18.4 Å². The monoisotopic (exact) mass is 461 g/mol. The molecule has 0 aliphatic heterocycles. The van der Waals surface area contributed by atoms with Gasteiger partial charge < -0.3 is 26.4 Å². The molecule has 0 spiro atoms. The smallest absolute Gasteiger partial charge is 0.407 e. The molecule has 178 valence electrons. The van der Waals surface area contributed by atoms with Crippen LogP contribution in [-0.2, 0) is 4.74 Å². The number of amides is 2. The van der Waals surface area contributed by atoms with Crippen LogP contribution in [0.1, 0.15) is 56.8 Å². The molecule has 0 unspecified atom stereocenters. The fraction of sp³-hybridized carbons (Fsp3) is 0.435. The van der Waals surface area contributed by atoms with Crippen LogP contribution in [0.4, 0.5) is 30.9 Å². The lowest BCUT2D eigenvalue weighted by Crippen LogP contribution is -2.50. The van der Waals surface area contributed by atoms with Crippen LogP contribution in [0.2, 0.25) is 0 Å². The molecular formula is C23H29F2N5O3. The first-order valence-electron chi connectivity index (χ1n) is 10.8. The molecule has 0 radical (unpaired) electrons. The number of anilines is 3. The fourth-order valence-electron chi connectivity index (χ4n) is 3.65. The number of alkyl carbamates (subject to hydrolysis) is 1. The van der Waals surface area contributed by atoms with Crippen LogP contribution in [0.3, 0.4) is 0 Å². The number of halogens is 2. The summed E-state index contributed by atoms with van der Waals surface area (Å²) in [6.45, 7) is 5.33. The van der Waals surface area contributed by atoms with Crippen LogP contribution in [0, 0.1) is 11.6 Å². The second-order valence-corrected chi connectivity index (χ2v) is 9.00. The van der Waals surface area contributed by atoms with Gasteiger partial charge in [-0.1, -0.05) is 12.8 Å². The van der Waals surface area contributed by atoms with Crippen LogP contribution in [0.5, 0.6) is 0 Å². The Morgan fingerprint density at radius 1 is 1.06 bits per heavy atom. The van der Waals surface area contributed by atoms with Crippen molar-refractivity contribution in [1.29, 1.82) is 0 Å². The summed E-state index contributed by atoms with van der Waals surface area (Å²) in [5, 5.41) is 8.80. The number of pyridine rings is 1. The first kappa shape index (κ1) is 24.2. The van der Waals surface area contributed by atoms with Crippen molar-refractivity contribution in [2.45, 2.75) is 64.1 Å². The zero-order valence-electron chi connectivity index (χ0n) is 18.9. The molecule has 1 aromatic heterocycles. The minimum atomic E-state index is -0.861. The van der Waals surface area contributed by atoms with E-state index in [1.165, 1.54) is 24.3 Å². The molecule has 5 N–H and O–H groups in total. The lowest BCUT2D eigenvalue weighted by molar-refractivity contribution is 0.0488. The lowest BCUT2D eigenvalue weighted by atomic mass is 9.90. The Kier molecular flexibility index (Phi) is 7.35. The Morgan fingerprint density at radius 2 is 1.70 bits per heavy atom. The highest BCUT2D eigenvalue weighted by atomic mass is 19.1. The van der Waals surface area contributed by atoms with Crippen LogP contribution >= 0.6 is 0 Å². The van der Waals surface area contributed by atoms with Crippen molar-refractivity contribution in [3.63, 3.8) is 0 Å². The average molecular weight is 462 g/mol. The molecule has 0 bridgehead atoms. The molecule has 3 rings (SSSR count). The number of carbonyl (C=O) groups is 2. The third kappa shape index (κ3) is 6.77. The standard InChI is InChI=1S/C23H29F2N5O3/c1-23(2,3)33-22(32)29-18-7-5-4-6-17(18)28-21-16(25)12-15(19(26)31)20(30-21)27-14-10-8-13(24)9-11-14/h8-12,17-18H,4-7H2,1-3H3,(H2,26,31)(H,29,32)(H2,27,28,30)/t17-,18+/m1/s1. The number of primary amides is 1. The molecule has 8 nitrogen and oxygen atoms in total. The second-order valence-electron chi connectivity index (χ2n) is 9.00. The number of benzene rings is 1. The zero-order valence-corrected chi connectivity index (χ0v) is 18.9. The maximum atomic E-state index is 14.8. The van der Waals surface area contributed by atoms with E-state index in [-0.39, 0.29) is 29.3 Å². The minimum Gasteiger partial charge on any atom is -0.444 e. The summed E-state index contributed by atoms with van der Waals surface area (Å²) in [6.07, 6.45) is 2.63. The molecule has 33 heavy (non-hydrogen) atoms. The van der Waals surface area contributed by atoms with Gasteiger partial charge in [-0.25, -0.2) is 18.6 Å².